The minimum atomic E-state index is -3.87. The molecule has 234 valence electrons. The molecule has 2 aromatic carbocycles. The van der Waals surface area contributed by atoms with Crippen LogP contribution in [0.15, 0.2) is 36.4 Å². The molecule has 0 aromatic heterocycles. The van der Waals surface area contributed by atoms with Crippen LogP contribution in [0.3, 0.4) is 0 Å². The quantitative estimate of drug-likeness (QED) is 0.396. The monoisotopic (exact) mass is 628 g/mol. The molecule has 2 unspecified atom stereocenters. The highest BCUT2D eigenvalue weighted by molar-refractivity contribution is 7.90. The van der Waals surface area contributed by atoms with Gasteiger partial charge in [-0.3, -0.25) is 4.79 Å². The number of aryl methyl sites for hydroxylation is 1. The molecule has 9 heteroatoms. The standard InChI is InChI=1S/C34H45ClN2O5S/c1-4-27-21(2)7-8-22(3)43(40,41)36-33(39)24-10-14-31-30(17-24)37(18-25-9-12-28(25)32(27)38)19-34(20-42-31)15-5-6-23-16-26(35)11-13-29(23)34/h10-11,13-14,16-17,21-22,25,27-28,32,38H,4-9,12,15,18-20H2,1-3H3,(H,36,39)/t21-,22?,25-,27?,28+,32+,34-/m0/s1. The largest absolute Gasteiger partial charge is 0.490 e. The first kappa shape index (κ1) is 30.7. The number of rotatable bonds is 1. The Hall–Kier alpha value is -2.29. The predicted molar refractivity (Wildman–Crippen MR) is 170 cm³/mol. The van der Waals surface area contributed by atoms with E-state index in [1.165, 1.54) is 11.1 Å². The van der Waals surface area contributed by atoms with E-state index in [4.69, 9.17) is 16.3 Å². The predicted octanol–water partition coefficient (Wildman–Crippen LogP) is 6.10. The first-order valence-electron chi connectivity index (χ1n) is 16.1. The van der Waals surface area contributed by atoms with E-state index in [2.05, 4.69) is 35.6 Å². The molecule has 1 fully saturated rings. The second-order valence-electron chi connectivity index (χ2n) is 13.7. The van der Waals surface area contributed by atoms with E-state index in [-0.39, 0.29) is 23.2 Å². The molecular formula is C34H45ClN2O5S. The van der Waals surface area contributed by atoms with E-state index in [1.807, 2.05) is 12.1 Å². The number of carbonyl (C=O) groups excluding carboxylic acids is 1. The number of aliphatic hydroxyl groups excluding tert-OH is 1. The lowest BCUT2D eigenvalue weighted by Crippen LogP contribution is -2.50. The summed E-state index contributed by atoms with van der Waals surface area (Å²) in [5.74, 6) is 0.851. The van der Waals surface area contributed by atoms with Gasteiger partial charge in [0, 0.05) is 29.1 Å². The third-order valence-corrected chi connectivity index (χ3v) is 13.1. The number of nitrogens with one attached hydrogen (secondary N) is 1. The summed E-state index contributed by atoms with van der Waals surface area (Å²) in [7, 11) is -3.87. The van der Waals surface area contributed by atoms with Crippen molar-refractivity contribution in [3.63, 3.8) is 0 Å². The van der Waals surface area contributed by atoms with Crippen molar-refractivity contribution in [2.45, 2.75) is 88.9 Å². The minimum Gasteiger partial charge on any atom is -0.490 e. The normalized spacial score (nSPS) is 34.2. The SMILES string of the molecule is CCC1[C@@H](O)[C@@H]2CC[C@H]2CN2C[C@@]3(CCCc4cc(Cl)ccc43)COc3ccc(cc32)C(=O)NS(=O)(=O)C(C)CC[C@@H]1C. The Balaban J connectivity index is 1.43. The van der Waals surface area contributed by atoms with Crippen LogP contribution in [0.25, 0.3) is 0 Å². The average molecular weight is 629 g/mol. The molecule has 0 saturated heterocycles. The second kappa shape index (κ2) is 11.9. The zero-order valence-corrected chi connectivity index (χ0v) is 27.1. The summed E-state index contributed by atoms with van der Waals surface area (Å²) < 4.78 is 35.3. The molecule has 6 rings (SSSR count). The number of anilines is 1. The van der Waals surface area contributed by atoms with Crippen molar-refractivity contribution in [2.75, 3.05) is 24.6 Å². The molecule has 1 spiro atoms. The van der Waals surface area contributed by atoms with E-state index in [0.717, 1.165) is 55.8 Å². The number of halogens is 1. The number of amides is 1. The summed E-state index contributed by atoms with van der Waals surface area (Å²) in [6.07, 6.45) is 6.55. The third-order valence-electron chi connectivity index (χ3n) is 11.1. The molecule has 2 aliphatic carbocycles. The fraction of sp³-hybridized carbons (Fsp3) is 0.618. The Labute approximate surface area is 261 Å². The van der Waals surface area contributed by atoms with Gasteiger partial charge in [-0.15, -0.1) is 0 Å². The Kier molecular flexibility index (Phi) is 8.50. The zero-order valence-electron chi connectivity index (χ0n) is 25.5. The molecule has 0 radical (unpaired) electrons. The third kappa shape index (κ3) is 5.80. The van der Waals surface area contributed by atoms with Crippen LogP contribution in [0.4, 0.5) is 5.69 Å². The fourth-order valence-electron chi connectivity index (χ4n) is 8.26. The summed E-state index contributed by atoms with van der Waals surface area (Å²) >= 11 is 6.41. The van der Waals surface area contributed by atoms with Gasteiger partial charge in [0.15, 0.2) is 0 Å². The molecule has 1 saturated carbocycles. The van der Waals surface area contributed by atoms with Gasteiger partial charge in [0.25, 0.3) is 5.91 Å². The first-order valence-corrected chi connectivity index (χ1v) is 18.0. The lowest BCUT2D eigenvalue weighted by atomic mass is 9.65. The highest BCUT2D eigenvalue weighted by Crippen LogP contribution is 2.48. The molecule has 43 heavy (non-hydrogen) atoms. The number of fused-ring (bicyclic) bond motifs is 4. The van der Waals surface area contributed by atoms with Crippen molar-refractivity contribution in [1.82, 2.24) is 4.72 Å². The Morgan fingerprint density at radius 3 is 2.67 bits per heavy atom. The van der Waals surface area contributed by atoms with Gasteiger partial charge < -0.3 is 14.7 Å². The Bertz CT molecular complexity index is 1480. The van der Waals surface area contributed by atoms with Gasteiger partial charge in [0.1, 0.15) is 5.75 Å². The molecule has 7 atom stereocenters. The van der Waals surface area contributed by atoms with E-state index in [0.29, 0.717) is 43.2 Å². The lowest BCUT2D eigenvalue weighted by Gasteiger charge is -2.47. The van der Waals surface area contributed by atoms with Crippen LogP contribution in [-0.4, -0.2) is 50.5 Å². The van der Waals surface area contributed by atoms with Crippen LogP contribution in [0.5, 0.6) is 5.75 Å². The number of aliphatic hydroxyl groups is 1. The van der Waals surface area contributed by atoms with Gasteiger partial charge in [-0.05, 0) is 117 Å². The van der Waals surface area contributed by atoms with Crippen LogP contribution < -0.4 is 14.4 Å². The average Bonchev–Trinajstić information content (AvgIpc) is 3.10. The Morgan fingerprint density at radius 1 is 1.12 bits per heavy atom. The molecule has 1 amide bonds. The van der Waals surface area contributed by atoms with Crippen LogP contribution in [0.1, 0.15) is 87.2 Å². The number of hydrogen-bond donors (Lipinski definition) is 2. The topological polar surface area (TPSA) is 95.9 Å². The van der Waals surface area contributed by atoms with Crippen LogP contribution in [-0.2, 0) is 21.9 Å². The summed E-state index contributed by atoms with van der Waals surface area (Å²) in [5, 5.41) is 11.7. The van der Waals surface area contributed by atoms with Gasteiger partial charge >= 0.3 is 0 Å². The number of ether oxygens (including phenoxy) is 1. The van der Waals surface area contributed by atoms with Crippen molar-refractivity contribution < 1.29 is 23.1 Å². The van der Waals surface area contributed by atoms with Crippen molar-refractivity contribution >= 4 is 33.2 Å². The maximum Gasteiger partial charge on any atom is 0.264 e. The van der Waals surface area contributed by atoms with Gasteiger partial charge in [0.05, 0.1) is 23.6 Å². The summed E-state index contributed by atoms with van der Waals surface area (Å²) in [6.45, 7) is 7.87. The van der Waals surface area contributed by atoms with Gasteiger partial charge in [0.2, 0.25) is 10.0 Å². The van der Waals surface area contributed by atoms with E-state index in [1.54, 1.807) is 19.1 Å². The number of benzene rings is 2. The molecule has 4 aliphatic rings. The van der Waals surface area contributed by atoms with E-state index < -0.39 is 27.3 Å². The van der Waals surface area contributed by atoms with E-state index >= 15 is 0 Å². The van der Waals surface area contributed by atoms with Gasteiger partial charge in [-0.1, -0.05) is 37.9 Å². The van der Waals surface area contributed by atoms with Crippen molar-refractivity contribution in [2.24, 2.45) is 23.7 Å². The lowest BCUT2D eigenvalue weighted by molar-refractivity contribution is -0.0394. The maximum absolute atomic E-state index is 13.4. The molecule has 2 bridgehead atoms. The van der Waals surface area contributed by atoms with Gasteiger partial charge in [-0.2, -0.15) is 0 Å². The Morgan fingerprint density at radius 2 is 1.93 bits per heavy atom. The van der Waals surface area contributed by atoms with Crippen molar-refractivity contribution in [1.29, 1.82) is 0 Å². The molecule has 2 aromatic rings. The number of sulfonamides is 1. The maximum atomic E-state index is 13.4. The van der Waals surface area contributed by atoms with E-state index in [9.17, 15) is 18.3 Å². The first-order chi connectivity index (χ1) is 20.5. The highest BCUT2D eigenvalue weighted by Gasteiger charge is 2.45. The molecule has 2 heterocycles. The summed E-state index contributed by atoms with van der Waals surface area (Å²) in [4.78, 5) is 15.7. The fourth-order valence-corrected chi connectivity index (χ4v) is 9.48. The highest BCUT2D eigenvalue weighted by atomic mass is 35.5. The van der Waals surface area contributed by atoms with Crippen LogP contribution in [0, 0.1) is 23.7 Å². The minimum absolute atomic E-state index is 0.0952. The second-order valence-corrected chi connectivity index (χ2v) is 16.2. The van der Waals surface area contributed by atoms with Gasteiger partial charge in [-0.25, -0.2) is 13.1 Å². The molecule has 2 N–H and O–H groups in total. The number of nitrogens with zero attached hydrogens (tertiary/aromatic N) is 1. The smallest absolute Gasteiger partial charge is 0.264 e. The van der Waals surface area contributed by atoms with Crippen molar-refractivity contribution in [3.05, 3.63) is 58.1 Å². The molecule has 7 nitrogen and oxygen atoms in total. The number of hydrogen-bond acceptors (Lipinski definition) is 6. The zero-order chi connectivity index (χ0) is 30.5. The summed E-state index contributed by atoms with van der Waals surface area (Å²) in [6, 6.07) is 11.5. The molecule has 2 aliphatic heterocycles. The molecular weight excluding hydrogens is 584 g/mol. The van der Waals surface area contributed by atoms with Crippen molar-refractivity contribution in [3.8, 4) is 5.75 Å². The van der Waals surface area contributed by atoms with Crippen LogP contribution in [0.2, 0.25) is 5.02 Å². The number of carbonyl (C=O) groups is 1. The van der Waals surface area contributed by atoms with Crippen LogP contribution >= 0.6 is 11.6 Å². The summed E-state index contributed by atoms with van der Waals surface area (Å²) in [5.41, 5.74) is 3.39.